The van der Waals surface area contributed by atoms with Crippen molar-refractivity contribution in [2.75, 3.05) is 0 Å². The second-order valence-electron chi connectivity index (χ2n) is 5.92. The molecular weight excluding hydrogens is 368 g/mol. The number of aryl methyl sites for hydroxylation is 1. The number of H-pyrrole nitrogens is 1. The zero-order chi connectivity index (χ0) is 18.1. The van der Waals surface area contributed by atoms with Crippen molar-refractivity contribution in [1.29, 1.82) is 0 Å². The van der Waals surface area contributed by atoms with Gasteiger partial charge in [-0.15, -0.1) is 0 Å². The SMILES string of the molecule is Cc1cccc(CSc2nc3c(cnn3-c3cccc(Cl)c3)c(=O)[nH]2)c1. The zero-order valence-corrected chi connectivity index (χ0v) is 15.5. The molecule has 0 amide bonds. The van der Waals surface area contributed by atoms with E-state index in [1.165, 1.54) is 29.1 Å². The smallest absolute Gasteiger partial charge is 0.262 e. The van der Waals surface area contributed by atoms with Gasteiger partial charge in [0.15, 0.2) is 10.8 Å². The van der Waals surface area contributed by atoms with Crippen molar-refractivity contribution in [1.82, 2.24) is 19.7 Å². The van der Waals surface area contributed by atoms with E-state index in [0.29, 0.717) is 21.2 Å². The number of nitrogens with zero attached hydrogens (tertiary/aromatic N) is 3. The molecule has 0 radical (unpaired) electrons. The monoisotopic (exact) mass is 382 g/mol. The molecule has 26 heavy (non-hydrogen) atoms. The van der Waals surface area contributed by atoms with Crippen molar-refractivity contribution in [3.8, 4) is 5.69 Å². The predicted octanol–water partition coefficient (Wildman–Crippen LogP) is 4.36. The number of aromatic amines is 1. The molecule has 0 aliphatic heterocycles. The second-order valence-corrected chi connectivity index (χ2v) is 7.32. The molecule has 7 heteroatoms. The number of rotatable bonds is 4. The van der Waals surface area contributed by atoms with Crippen LogP contribution < -0.4 is 5.56 Å². The van der Waals surface area contributed by atoms with E-state index in [0.717, 1.165) is 11.4 Å². The third kappa shape index (κ3) is 3.38. The lowest BCUT2D eigenvalue weighted by molar-refractivity contribution is 0.873. The Morgan fingerprint density at radius 2 is 2.04 bits per heavy atom. The van der Waals surface area contributed by atoms with Crippen LogP contribution in [0.3, 0.4) is 0 Å². The molecule has 2 heterocycles. The Labute approximate surface area is 159 Å². The largest absolute Gasteiger partial charge is 0.301 e. The molecule has 0 aliphatic carbocycles. The van der Waals surface area contributed by atoms with Crippen molar-refractivity contribution < 1.29 is 0 Å². The summed E-state index contributed by atoms with van der Waals surface area (Å²) >= 11 is 7.56. The molecule has 5 nitrogen and oxygen atoms in total. The molecule has 2 aromatic heterocycles. The maximum absolute atomic E-state index is 12.4. The molecule has 2 aromatic carbocycles. The maximum atomic E-state index is 12.4. The number of hydrogen-bond acceptors (Lipinski definition) is 4. The normalized spacial score (nSPS) is 11.2. The molecule has 0 atom stereocenters. The van der Waals surface area contributed by atoms with E-state index in [1.807, 2.05) is 18.2 Å². The van der Waals surface area contributed by atoms with E-state index in [2.05, 4.69) is 40.2 Å². The van der Waals surface area contributed by atoms with Gasteiger partial charge in [-0.25, -0.2) is 9.67 Å². The van der Waals surface area contributed by atoms with Crippen LogP contribution in [-0.4, -0.2) is 19.7 Å². The predicted molar refractivity (Wildman–Crippen MR) is 105 cm³/mol. The van der Waals surface area contributed by atoms with Gasteiger partial charge in [0.25, 0.3) is 5.56 Å². The third-order valence-corrected chi connectivity index (χ3v) is 5.11. The van der Waals surface area contributed by atoms with E-state index < -0.39 is 0 Å². The van der Waals surface area contributed by atoms with Crippen molar-refractivity contribution in [2.24, 2.45) is 0 Å². The lowest BCUT2D eigenvalue weighted by Gasteiger charge is -2.05. The van der Waals surface area contributed by atoms with Gasteiger partial charge in [-0.3, -0.25) is 4.79 Å². The summed E-state index contributed by atoms with van der Waals surface area (Å²) in [5.41, 5.74) is 3.47. The van der Waals surface area contributed by atoms with Crippen LogP contribution in [0.5, 0.6) is 0 Å². The quantitative estimate of drug-likeness (QED) is 0.420. The highest BCUT2D eigenvalue weighted by Crippen LogP contribution is 2.22. The standard InChI is InChI=1S/C19H15ClN4OS/c1-12-4-2-5-13(8-12)11-26-19-22-17-16(18(25)23-19)10-21-24(17)15-7-3-6-14(20)9-15/h2-10H,11H2,1H3,(H,22,23,25). The Bertz CT molecular complexity index is 1150. The van der Waals surface area contributed by atoms with Gasteiger partial charge in [0, 0.05) is 10.8 Å². The Balaban J connectivity index is 1.71. The van der Waals surface area contributed by atoms with Gasteiger partial charge in [-0.1, -0.05) is 59.3 Å². The number of halogens is 1. The first-order chi connectivity index (χ1) is 12.6. The fourth-order valence-electron chi connectivity index (χ4n) is 2.72. The zero-order valence-electron chi connectivity index (χ0n) is 13.9. The summed E-state index contributed by atoms with van der Waals surface area (Å²) in [4.78, 5) is 19.8. The fraction of sp³-hybridized carbons (Fsp3) is 0.105. The Hall–Kier alpha value is -2.57. The first kappa shape index (κ1) is 16.9. The Morgan fingerprint density at radius 1 is 1.19 bits per heavy atom. The van der Waals surface area contributed by atoms with Crippen molar-refractivity contribution in [3.05, 3.63) is 81.2 Å². The average Bonchev–Trinajstić information content (AvgIpc) is 3.05. The molecule has 0 fully saturated rings. The highest BCUT2D eigenvalue weighted by atomic mass is 35.5. The van der Waals surface area contributed by atoms with E-state index in [4.69, 9.17) is 11.6 Å². The van der Waals surface area contributed by atoms with Gasteiger partial charge in [0.05, 0.1) is 11.9 Å². The van der Waals surface area contributed by atoms with Crippen molar-refractivity contribution in [3.63, 3.8) is 0 Å². The average molecular weight is 383 g/mol. The molecule has 4 aromatic rings. The van der Waals surface area contributed by atoms with E-state index in [9.17, 15) is 4.79 Å². The van der Waals surface area contributed by atoms with Gasteiger partial charge in [-0.2, -0.15) is 5.10 Å². The van der Waals surface area contributed by atoms with E-state index in [1.54, 1.807) is 16.8 Å². The van der Waals surface area contributed by atoms with Crippen molar-refractivity contribution in [2.45, 2.75) is 17.8 Å². The van der Waals surface area contributed by atoms with Gasteiger partial charge in [0.2, 0.25) is 0 Å². The number of thioether (sulfide) groups is 1. The minimum absolute atomic E-state index is 0.199. The summed E-state index contributed by atoms with van der Waals surface area (Å²) in [7, 11) is 0. The summed E-state index contributed by atoms with van der Waals surface area (Å²) in [5.74, 6) is 0.724. The molecule has 0 aliphatic rings. The van der Waals surface area contributed by atoms with Crippen LogP contribution in [0.25, 0.3) is 16.7 Å². The molecule has 0 saturated heterocycles. The van der Waals surface area contributed by atoms with Gasteiger partial charge < -0.3 is 4.98 Å². The fourth-order valence-corrected chi connectivity index (χ4v) is 3.70. The first-order valence-corrected chi connectivity index (χ1v) is 9.39. The molecular formula is C19H15ClN4OS. The second kappa shape index (κ2) is 6.97. The Morgan fingerprint density at radius 3 is 2.85 bits per heavy atom. The van der Waals surface area contributed by atoms with Gasteiger partial charge in [0.1, 0.15) is 5.39 Å². The van der Waals surface area contributed by atoms with Crippen LogP contribution in [0.15, 0.2) is 64.7 Å². The minimum atomic E-state index is -0.199. The molecule has 130 valence electrons. The summed E-state index contributed by atoms with van der Waals surface area (Å²) < 4.78 is 1.63. The van der Waals surface area contributed by atoms with Crippen LogP contribution in [0.1, 0.15) is 11.1 Å². The molecule has 0 unspecified atom stereocenters. The number of hydrogen-bond donors (Lipinski definition) is 1. The highest BCUT2D eigenvalue weighted by molar-refractivity contribution is 7.98. The Kier molecular flexibility index (Phi) is 4.53. The minimum Gasteiger partial charge on any atom is -0.301 e. The molecule has 0 spiro atoms. The lowest BCUT2D eigenvalue weighted by Crippen LogP contribution is -2.09. The van der Waals surface area contributed by atoms with Gasteiger partial charge >= 0.3 is 0 Å². The lowest BCUT2D eigenvalue weighted by atomic mass is 10.2. The maximum Gasteiger partial charge on any atom is 0.262 e. The van der Waals surface area contributed by atoms with Gasteiger partial charge in [-0.05, 0) is 30.7 Å². The summed E-state index contributed by atoms with van der Waals surface area (Å²) in [6.07, 6.45) is 1.52. The van der Waals surface area contributed by atoms with E-state index >= 15 is 0 Å². The van der Waals surface area contributed by atoms with E-state index in [-0.39, 0.29) is 5.56 Å². The molecule has 0 bridgehead atoms. The summed E-state index contributed by atoms with van der Waals surface area (Å²) in [5, 5.41) is 5.92. The van der Waals surface area contributed by atoms with Crippen LogP contribution in [0, 0.1) is 6.92 Å². The van der Waals surface area contributed by atoms with Crippen LogP contribution in [-0.2, 0) is 5.75 Å². The third-order valence-electron chi connectivity index (χ3n) is 3.93. The first-order valence-electron chi connectivity index (χ1n) is 8.02. The van der Waals surface area contributed by atoms with Crippen LogP contribution >= 0.6 is 23.4 Å². The molecule has 1 N–H and O–H groups in total. The molecule has 0 saturated carbocycles. The van der Waals surface area contributed by atoms with Crippen LogP contribution in [0.4, 0.5) is 0 Å². The number of nitrogens with one attached hydrogen (secondary N) is 1. The number of fused-ring (bicyclic) bond motifs is 1. The number of aromatic nitrogens is 4. The van der Waals surface area contributed by atoms with Crippen LogP contribution in [0.2, 0.25) is 5.02 Å². The molecule has 4 rings (SSSR count). The highest BCUT2D eigenvalue weighted by Gasteiger charge is 2.12. The summed E-state index contributed by atoms with van der Waals surface area (Å²) in [6, 6.07) is 15.6. The summed E-state index contributed by atoms with van der Waals surface area (Å²) in [6.45, 7) is 2.06. The van der Waals surface area contributed by atoms with Crippen molar-refractivity contribution >= 4 is 34.4 Å². The number of benzene rings is 2. The topological polar surface area (TPSA) is 63.6 Å².